The molecule has 1 aromatic rings. The molecule has 3 heterocycles. The van der Waals surface area contributed by atoms with Crippen molar-refractivity contribution in [2.45, 2.75) is 30.7 Å². The van der Waals surface area contributed by atoms with Gasteiger partial charge in [0.25, 0.3) is 0 Å². The van der Waals surface area contributed by atoms with Gasteiger partial charge in [-0.2, -0.15) is 0 Å². The molecule has 1 aromatic carbocycles. The number of carbonyl (C=O) groups excluding carboxylic acids is 1. The fraction of sp³-hybridized carbons (Fsp3) is 0.533. The Bertz CT molecular complexity index is 461. The van der Waals surface area contributed by atoms with Crippen LogP contribution in [0.5, 0.6) is 0 Å². The molecule has 4 aliphatic rings. The van der Waals surface area contributed by atoms with Gasteiger partial charge < -0.3 is 0 Å². The summed E-state index contributed by atoms with van der Waals surface area (Å²) in [5.74, 6) is 1.39. The molecule has 1 aliphatic carbocycles. The maximum absolute atomic E-state index is 12.5. The topological polar surface area (TPSA) is 20.3 Å². The predicted octanol–water partition coefficient (Wildman–Crippen LogP) is 2.21. The van der Waals surface area contributed by atoms with E-state index in [-0.39, 0.29) is 5.54 Å². The van der Waals surface area contributed by atoms with Gasteiger partial charge in [-0.15, -0.1) is 0 Å². The lowest BCUT2D eigenvalue weighted by molar-refractivity contribution is -0.139. The van der Waals surface area contributed by atoms with Gasteiger partial charge in [0.15, 0.2) is 5.78 Å². The van der Waals surface area contributed by atoms with Crippen molar-refractivity contribution in [2.75, 3.05) is 13.1 Å². The molecule has 1 saturated carbocycles. The molecule has 1 spiro atoms. The van der Waals surface area contributed by atoms with E-state index in [2.05, 4.69) is 29.2 Å². The lowest BCUT2D eigenvalue weighted by atomic mass is 9.79. The molecule has 4 fully saturated rings. The van der Waals surface area contributed by atoms with E-state index >= 15 is 0 Å². The van der Waals surface area contributed by atoms with E-state index in [0.29, 0.717) is 17.6 Å². The quantitative estimate of drug-likeness (QED) is 0.733. The van der Waals surface area contributed by atoms with Gasteiger partial charge in [0.2, 0.25) is 0 Å². The summed E-state index contributed by atoms with van der Waals surface area (Å²) < 4.78 is 0. The van der Waals surface area contributed by atoms with Gasteiger partial charge in [0.1, 0.15) is 0 Å². The fourth-order valence-corrected chi connectivity index (χ4v) is 4.00. The van der Waals surface area contributed by atoms with E-state index in [0.717, 1.165) is 32.4 Å². The first-order valence-corrected chi connectivity index (χ1v) is 6.67. The number of fused-ring (bicyclic) bond motifs is 2. The molecular weight excluding hydrogens is 210 g/mol. The van der Waals surface area contributed by atoms with Crippen LogP contribution in [-0.2, 0) is 4.79 Å². The molecule has 5 rings (SSSR count). The molecule has 3 aliphatic heterocycles. The number of ketones is 1. The van der Waals surface area contributed by atoms with E-state index in [1.165, 1.54) is 5.56 Å². The van der Waals surface area contributed by atoms with Gasteiger partial charge in [0, 0.05) is 11.8 Å². The number of hydrogen-bond donors (Lipinski definition) is 0. The van der Waals surface area contributed by atoms with Crippen molar-refractivity contribution in [3.63, 3.8) is 0 Å². The van der Waals surface area contributed by atoms with E-state index in [1.807, 2.05) is 6.07 Å². The molecule has 0 amide bonds. The number of benzene rings is 1. The average molecular weight is 227 g/mol. The molecule has 2 heteroatoms. The highest BCUT2D eigenvalue weighted by Crippen LogP contribution is 2.60. The number of hydrogen-bond acceptors (Lipinski definition) is 2. The van der Waals surface area contributed by atoms with Crippen LogP contribution in [0.15, 0.2) is 30.3 Å². The Labute approximate surface area is 102 Å². The zero-order valence-electron chi connectivity index (χ0n) is 9.93. The third-order valence-corrected chi connectivity index (χ3v) is 4.99. The molecule has 17 heavy (non-hydrogen) atoms. The lowest BCUT2D eigenvalue weighted by Gasteiger charge is -2.45. The van der Waals surface area contributed by atoms with Gasteiger partial charge in [-0.3, -0.25) is 9.69 Å². The Morgan fingerprint density at radius 3 is 2.47 bits per heavy atom. The van der Waals surface area contributed by atoms with Crippen LogP contribution in [0.4, 0.5) is 0 Å². The third-order valence-electron chi connectivity index (χ3n) is 4.99. The number of piperidine rings is 3. The molecule has 0 unspecified atom stereocenters. The summed E-state index contributed by atoms with van der Waals surface area (Å²) in [6.07, 6.45) is 3.26. The molecule has 0 aromatic heterocycles. The van der Waals surface area contributed by atoms with Crippen molar-refractivity contribution < 1.29 is 4.79 Å². The summed E-state index contributed by atoms with van der Waals surface area (Å²) in [7, 11) is 0. The van der Waals surface area contributed by atoms with Crippen molar-refractivity contribution in [3.05, 3.63) is 35.9 Å². The Balaban J connectivity index is 1.70. The Kier molecular flexibility index (Phi) is 1.85. The first kappa shape index (κ1) is 9.84. The maximum atomic E-state index is 12.5. The van der Waals surface area contributed by atoms with Crippen molar-refractivity contribution >= 4 is 5.78 Å². The Morgan fingerprint density at radius 2 is 1.82 bits per heavy atom. The molecule has 2 nitrogen and oxygen atoms in total. The molecule has 88 valence electrons. The Morgan fingerprint density at radius 1 is 1.12 bits per heavy atom. The molecule has 2 bridgehead atoms. The molecular formula is C15H17NO. The summed E-state index contributed by atoms with van der Waals surface area (Å²) >= 11 is 0. The van der Waals surface area contributed by atoms with E-state index < -0.39 is 0 Å². The van der Waals surface area contributed by atoms with Crippen molar-refractivity contribution in [1.82, 2.24) is 4.90 Å². The highest BCUT2D eigenvalue weighted by molar-refractivity contribution is 5.96. The molecule has 0 N–H and O–H groups in total. The van der Waals surface area contributed by atoms with Crippen LogP contribution in [0, 0.1) is 5.92 Å². The fourth-order valence-electron chi connectivity index (χ4n) is 4.00. The van der Waals surface area contributed by atoms with Crippen LogP contribution < -0.4 is 0 Å². The van der Waals surface area contributed by atoms with E-state index in [9.17, 15) is 4.79 Å². The third kappa shape index (κ3) is 1.17. The summed E-state index contributed by atoms with van der Waals surface area (Å²) in [6, 6.07) is 10.6. The van der Waals surface area contributed by atoms with E-state index in [1.54, 1.807) is 0 Å². The monoisotopic (exact) mass is 227 g/mol. The number of nitrogens with zero attached hydrogens (tertiary/aromatic N) is 1. The second kappa shape index (κ2) is 3.20. The molecule has 2 atom stereocenters. The summed E-state index contributed by atoms with van der Waals surface area (Å²) in [5, 5.41) is 0. The van der Waals surface area contributed by atoms with Crippen LogP contribution in [0.3, 0.4) is 0 Å². The minimum Gasteiger partial charge on any atom is -0.297 e. The number of Topliss-reactive ketones (excluding diaryl/α,β-unsaturated/α-hetero) is 1. The SMILES string of the molecule is O=C1C2CCN(CC2)[C@@]12C[C@@H]2c1ccccc1. The van der Waals surface area contributed by atoms with Gasteiger partial charge in [-0.05, 0) is 37.9 Å². The number of rotatable bonds is 1. The maximum Gasteiger partial charge on any atom is 0.156 e. The molecule has 3 saturated heterocycles. The first-order chi connectivity index (χ1) is 8.32. The number of carbonyl (C=O) groups is 1. The summed E-state index contributed by atoms with van der Waals surface area (Å²) in [5.41, 5.74) is 1.27. The Hall–Kier alpha value is -1.15. The van der Waals surface area contributed by atoms with Crippen LogP contribution in [-0.4, -0.2) is 29.3 Å². The van der Waals surface area contributed by atoms with Gasteiger partial charge in [-0.25, -0.2) is 0 Å². The highest BCUT2D eigenvalue weighted by atomic mass is 16.1. The zero-order chi connectivity index (χ0) is 11.5. The van der Waals surface area contributed by atoms with Gasteiger partial charge in [0.05, 0.1) is 5.54 Å². The van der Waals surface area contributed by atoms with Crippen molar-refractivity contribution in [3.8, 4) is 0 Å². The minimum atomic E-state index is -0.0808. The summed E-state index contributed by atoms with van der Waals surface area (Å²) in [4.78, 5) is 15.0. The summed E-state index contributed by atoms with van der Waals surface area (Å²) in [6.45, 7) is 2.28. The van der Waals surface area contributed by atoms with Crippen molar-refractivity contribution in [2.24, 2.45) is 5.92 Å². The second-order valence-corrected chi connectivity index (χ2v) is 5.72. The largest absolute Gasteiger partial charge is 0.297 e. The van der Waals surface area contributed by atoms with Gasteiger partial charge in [-0.1, -0.05) is 30.3 Å². The average Bonchev–Trinajstić information content (AvgIpc) is 3.13. The smallest absolute Gasteiger partial charge is 0.156 e. The lowest BCUT2D eigenvalue weighted by Crippen LogP contribution is -2.58. The minimum absolute atomic E-state index is 0.0808. The van der Waals surface area contributed by atoms with Crippen LogP contribution in [0.25, 0.3) is 0 Å². The predicted molar refractivity (Wildman–Crippen MR) is 65.8 cm³/mol. The highest BCUT2D eigenvalue weighted by Gasteiger charge is 2.67. The standard InChI is InChI=1S/C15H17NO/c17-14-12-6-8-16(9-7-12)15(14)10-13(15)11-4-2-1-3-5-11/h1-5,12-13H,6-10H2/t13-,15-/m1/s1. The normalized spacial score (nSPS) is 43.1. The van der Waals surface area contributed by atoms with Crippen LogP contribution in [0.1, 0.15) is 30.7 Å². The zero-order valence-corrected chi connectivity index (χ0v) is 9.93. The second-order valence-electron chi connectivity index (χ2n) is 5.72. The first-order valence-electron chi connectivity index (χ1n) is 6.67. The van der Waals surface area contributed by atoms with E-state index in [4.69, 9.17) is 0 Å². The van der Waals surface area contributed by atoms with Crippen LogP contribution >= 0.6 is 0 Å². The van der Waals surface area contributed by atoms with Crippen molar-refractivity contribution in [1.29, 1.82) is 0 Å². The van der Waals surface area contributed by atoms with Crippen LogP contribution in [0.2, 0.25) is 0 Å². The molecule has 0 radical (unpaired) electrons. The van der Waals surface area contributed by atoms with Gasteiger partial charge >= 0.3 is 0 Å².